The van der Waals surface area contributed by atoms with Gasteiger partial charge in [0.2, 0.25) is 11.8 Å². The number of hydrazone groups is 1. The summed E-state index contributed by atoms with van der Waals surface area (Å²) in [5.74, 6) is -1.54. The molecule has 4 N–H and O–H groups in total. The molecule has 1 atom stereocenters. The second-order valence-corrected chi connectivity index (χ2v) is 7.76. The topological polar surface area (TPSA) is 126 Å². The minimum Gasteiger partial charge on any atom is -0.497 e. The number of halogens is 1. The highest BCUT2D eigenvalue weighted by Gasteiger charge is 2.45. The van der Waals surface area contributed by atoms with Crippen molar-refractivity contribution in [2.75, 3.05) is 19.1 Å². The lowest BCUT2D eigenvalue weighted by Gasteiger charge is -2.35. The van der Waals surface area contributed by atoms with Crippen LogP contribution in [-0.2, 0) is 16.1 Å². The smallest absolute Gasteiger partial charge is 0.254 e. The van der Waals surface area contributed by atoms with Gasteiger partial charge in [0.25, 0.3) is 5.91 Å². The van der Waals surface area contributed by atoms with E-state index in [2.05, 4.69) is 15.8 Å². The lowest BCUT2D eigenvalue weighted by molar-refractivity contribution is -0.129. The van der Waals surface area contributed by atoms with Crippen LogP contribution in [0, 0.1) is 5.82 Å². The molecule has 0 radical (unpaired) electrons. The van der Waals surface area contributed by atoms with Crippen LogP contribution in [0.15, 0.2) is 59.2 Å². The Bertz CT molecular complexity index is 1160. The van der Waals surface area contributed by atoms with Crippen molar-refractivity contribution in [3.8, 4) is 5.75 Å². The zero-order chi connectivity index (χ0) is 24.9. The quantitative estimate of drug-likeness (QED) is 0.385. The molecule has 3 amide bonds. The molecule has 0 saturated heterocycles. The van der Waals surface area contributed by atoms with Gasteiger partial charge in [0, 0.05) is 24.6 Å². The molecule has 0 aromatic heterocycles. The molecule has 2 aromatic rings. The van der Waals surface area contributed by atoms with Crippen LogP contribution in [-0.4, -0.2) is 48.0 Å². The zero-order valence-electron chi connectivity index (χ0n) is 19.1. The van der Waals surface area contributed by atoms with Crippen molar-refractivity contribution in [1.82, 2.24) is 10.2 Å². The Kier molecular flexibility index (Phi) is 7.30. The predicted octanol–water partition coefficient (Wildman–Crippen LogP) is 2.19. The van der Waals surface area contributed by atoms with Crippen molar-refractivity contribution in [3.05, 3.63) is 71.1 Å². The maximum Gasteiger partial charge on any atom is 0.254 e. The van der Waals surface area contributed by atoms with Gasteiger partial charge in [0.15, 0.2) is 5.54 Å². The Morgan fingerprint density at radius 3 is 2.56 bits per heavy atom. The minimum absolute atomic E-state index is 0.208. The molecule has 2 aromatic carbocycles. The van der Waals surface area contributed by atoms with Gasteiger partial charge < -0.3 is 20.7 Å². The Morgan fingerprint density at radius 2 is 1.97 bits per heavy atom. The maximum absolute atomic E-state index is 13.1. The molecule has 1 unspecified atom stereocenters. The Balaban J connectivity index is 1.91. The highest BCUT2D eigenvalue weighted by Crippen LogP contribution is 2.29. The van der Waals surface area contributed by atoms with Crippen LogP contribution >= 0.6 is 0 Å². The number of allylic oxidation sites excluding steroid dienone is 1. The average Bonchev–Trinajstić information content (AvgIpc) is 3.11. The number of methoxy groups -OCH3 is 1. The molecule has 1 aliphatic rings. The van der Waals surface area contributed by atoms with Gasteiger partial charge in [0.05, 0.1) is 25.6 Å². The van der Waals surface area contributed by atoms with Gasteiger partial charge >= 0.3 is 0 Å². The summed E-state index contributed by atoms with van der Waals surface area (Å²) in [5.41, 5.74) is 8.78. The first-order chi connectivity index (χ1) is 16.2. The van der Waals surface area contributed by atoms with E-state index in [1.165, 1.54) is 49.4 Å². The van der Waals surface area contributed by atoms with Crippen LogP contribution in [0.2, 0.25) is 0 Å². The summed E-state index contributed by atoms with van der Waals surface area (Å²) in [4.78, 5) is 39.4. The van der Waals surface area contributed by atoms with Crippen molar-refractivity contribution in [2.24, 2.45) is 10.8 Å². The zero-order valence-corrected chi connectivity index (χ0v) is 19.1. The number of amides is 3. The van der Waals surface area contributed by atoms with E-state index in [-0.39, 0.29) is 24.6 Å². The fraction of sp³-hybridized carbons (Fsp3) is 0.250. The second kappa shape index (κ2) is 10.2. The number of hydrogen-bond acceptors (Lipinski definition) is 6. The number of primary amides is 1. The van der Waals surface area contributed by atoms with Crippen LogP contribution < -0.4 is 21.2 Å². The minimum atomic E-state index is -1.74. The molecule has 10 heteroatoms. The number of benzene rings is 2. The van der Waals surface area contributed by atoms with Crippen molar-refractivity contribution in [2.45, 2.75) is 25.9 Å². The number of hydrogen-bond donors (Lipinski definition) is 3. The van der Waals surface area contributed by atoms with Gasteiger partial charge in [-0.2, -0.15) is 5.10 Å². The third-order valence-electron chi connectivity index (χ3n) is 5.48. The molecule has 0 aliphatic carbocycles. The van der Waals surface area contributed by atoms with Crippen molar-refractivity contribution in [1.29, 1.82) is 0 Å². The molecular formula is C24H26FN5O4. The molecule has 0 fully saturated rings. The van der Waals surface area contributed by atoms with E-state index in [1.807, 2.05) is 0 Å². The Morgan fingerprint density at radius 1 is 1.26 bits per heavy atom. The first-order valence-corrected chi connectivity index (χ1v) is 10.5. The fourth-order valence-corrected chi connectivity index (χ4v) is 3.80. The van der Waals surface area contributed by atoms with Crippen molar-refractivity contribution in [3.63, 3.8) is 0 Å². The summed E-state index contributed by atoms with van der Waals surface area (Å²) in [6.07, 6.45) is 2.91. The van der Waals surface area contributed by atoms with E-state index in [9.17, 15) is 18.8 Å². The Labute approximate surface area is 196 Å². The summed E-state index contributed by atoms with van der Waals surface area (Å²) in [6, 6.07) is 10.7. The molecule has 178 valence electrons. The second-order valence-electron chi connectivity index (χ2n) is 7.76. The van der Waals surface area contributed by atoms with E-state index in [0.29, 0.717) is 17.0 Å². The fourth-order valence-electron chi connectivity index (χ4n) is 3.80. The molecular weight excluding hydrogens is 441 g/mol. The van der Waals surface area contributed by atoms with Crippen LogP contribution in [0.25, 0.3) is 0 Å². The van der Waals surface area contributed by atoms with E-state index in [1.54, 1.807) is 31.2 Å². The normalized spacial score (nSPS) is 15.1. The van der Waals surface area contributed by atoms with Crippen molar-refractivity contribution < 1.29 is 23.5 Å². The molecule has 1 heterocycles. The lowest BCUT2D eigenvalue weighted by Crippen LogP contribution is -2.64. The van der Waals surface area contributed by atoms with E-state index >= 15 is 0 Å². The van der Waals surface area contributed by atoms with Gasteiger partial charge in [-0.25, -0.2) is 4.39 Å². The predicted molar refractivity (Wildman–Crippen MR) is 126 cm³/mol. The van der Waals surface area contributed by atoms with E-state index < -0.39 is 23.2 Å². The maximum atomic E-state index is 13.1. The third kappa shape index (κ3) is 5.06. The molecule has 3 rings (SSSR count). The van der Waals surface area contributed by atoms with Crippen LogP contribution in [0.4, 0.5) is 10.1 Å². The molecule has 34 heavy (non-hydrogen) atoms. The van der Waals surface area contributed by atoms with Gasteiger partial charge in [-0.15, -0.1) is 0 Å². The number of rotatable bonds is 9. The first-order valence-electron chi connectivity index (χ1n) is 10.5. The molecule has 0 bridgehead atoms. The average molecular weight is 468 g/mol. The number of ether oxygens (including phenoxy) is 1. The van der Waals surface area contributed by atoms with Crippen LogP contribution in [0.3, 0.4) is 0 Å². The number of nitrogens with one attached hydrogen (secondary N) is 2. The summed E-state index contributed by atoms with van der Waals surface area (Å²) in [5, 5.41) is 6.74. The summed E-state index contributed by atoms with van der Waals surface area (Å²) >= 11 is 0. The summed E-state index contributed by atoms with van der Waals surface area (Å²) in [6.45, 7) is 2.93. The molecule has 0 saturated carbocycles. The Hall–Kier alpha value is -4.21. The molecule has 1 aliphatic heterocycles. The number of fused-ring (bicyclic) bond motifs is 1. The number of nitrogens with two attached hydrogens (primary N) is 1. The van der Waals surface area contributed by atoms with Gasteiger partial charge in [-0.3, -0.25) is 19.8 Å². The van der Waals surface area contributed by atoms with E-state index in [0.717, 1.165) is 5.56 Å². The number of carbonyl (C=O) groups excluding carboxylic acids is 3. The summed E-state index contributed by atoms with van der Waals surface area (Å²) < 4.78 is 18.3. The highest BCUT2D eigenvalue weighted by atomic mass is 19.1. The molecule has 9 nitrogen and oxygen atoms in total. The van der Waals surface area contributed by atoms with Gasteiger partial charge in [-0.1, -0.05) is 12.1 Å². The number of anilines is 1. The third-order valence-corrected chi connectivity index (χ3v) is 5.48. The first kappa shape index (κ1) is 24.4. The largest absolute Gasteiger partial charge is 0.497 e. The van der Waals surface area contributed by atoms with Crippen molar-refractivity contribution >= 4 is 29.6 Å². The number of nitrogens with zero attached hydrogens (tertiary/aromatic N) is 2. The standard InChI is InChI=1S/C24H26FN5O4/c1-4-17(12-27-29-19-8-6-18(25)7-9-19)24(23(26)33,28-15(2)31)14-30-13-16-5-10-20(34-3)11-21(16)22(30)32/h4-12,29H,13-14H2,1-3H3,(H2,26,33)(H,28,31)/b17-4+,27-12-. The molecule has 0 spiro atoms. The van der Waals surface area contributed by atoms with E-state index in [4.69, 9.17) is 10.5 Å². The lowest BCUT2D eigenvalue weighted by atomic mass is 9.87. The van der Waals surface area contributed by atoms with Crippen LogP contribution in [0.5, 0.6) is 5.75 Å². The van der Waals surface area contributed by atoms with Gasteiger partial charge in [-0.05, 0) is 48.9 Å². The highest BCUT2D eigenvalue weighted by molar-refractivity contribution is 6.03. The monoisotopic (exact) mass is 467 g/mol. The summed E-state index contributed by atoms with van der Waals surface area (Å²) in [7, 11) is 1.51. The van der Waals surface area contributed by atoms with Crippen LogP contribution in [0.1, 0.15) is 29.8 Å². The van der Waals surface area contributed by atoms with Gasteiger partial charge in [0.1, 0.15) is 11.6 Å². The number of carbonyl (C=O) groups is 3. The SMILES string of the molecule is C/C=C(\C=N/Nc1ccc(F)cc1)C(CN1Cc2ccc(OC)cc2C1=O)(NC(C)=O)C(N)=O.